The van der Waals surface area contributed by atoms with Crippen molar-refractivity contribution in [2.45, 2.75) is 37.4 Å². The van der Waals surface area contributed by atoms with E-state index >= 15 is 0 Å². The first kappa shape index (κ1) is 20.1. The van der Waals surface area contributed by atoms with Gasteiger partial charge >= 0.3 is 0 Å². The van der Waals surface area contributed by atoms with Crippen LogP contribution < -0.4 is 0 Å². The standard InChI is InChI=1S/C10H13B10/c11-1-8(18-3-13)10(20(6-16)7-17)9(2-12)19(4-14)5-15/h2H,1,3-7H2/b9-2-,10-8+. The summed E-state index contributed by atoms with van der Waals surface area (Å²) in [5.74, 6) is 1.53. The van der Waals surface area contributed by atoms with Gasteiger partial charge in [-0.15, -0.1) is 48.0 Å². The summed E-state index contributed by atoms with van der Waals surface area (Å²) in [6.07, 6.45) is 2.30. The van der Waals surface area contributed by atoms with Crippen LogP contribution in [0, 0.1) is 0 Å². The van der Waals surface area contributed by atoms with Crippen LogP contribution in [-0.4, -0.2) is 75.6 Å². The van der Waals surface area contributed by atoms with Crippen LogP contribution in [0.15, 0.2) is 22.4 Å². The minimum Gasteiger partial charge on any atom is -0.138 e. The van der Waals surface area contributed by atoms with Gasteiger partial charge in [0.15, 0.2) is 13.4 Å². The SMILES string of the molecule is [B]/C=C(B(C[B])C[B])/C(B(C[B])C[B])=C(\[B]C[B])C[B]. The highest BCUT2D eigenvalue weighted by atomic mass is 14.0. The third-order valence-corrected chi connectivity index (χ3v) is 3.41. The van der Waals surface area contributed by atoms with Crippen LogP contribution in [0.2, 0.25) is 37.4 Å². The average molecular weight is 241 g/mol. The van der Waals surface area contributed by atoms with Crippen molar-refractivity contribution in [2.75, 3.05) is 0 Å². The molecule has 0 heterocycles. The van der Waals surface area contributed by atoms with Crippen molar-refractivity contribution in [2.24, 2.45) is 0 Å². The number of hydrogen-bond donors (Lipinski definition) is 0. The number of rotatable bonds is 10. The molecular weight excluding hydrogens is 228 g/mol. The smallest absolute Gasteiger partial charge is 0.138 e. The molecule has 0 aliphatic heterocycles. The van der Waals surface area contributed by atoms with Gasteiger partial charge in [0.2, 0.25) is 0 Å². The first-order valence-corrected chi connectivity index (χ1v) is 6.83. The monoisotopic (exact) mass is 243 g/mol. The Bertz CT molecular complexity index is 318. The molecule has 0 nitrogen and oxygen atoms in total. The topological polar surface area (TPSA) is 0 Å². The molecule has 0 unspecified atom stereocenters. The lowest BCUT2D eigenvalue weighted by molar-refractivity contribution is 1.50. The Kier molecular flexibility index (Phi) is 11.8. The number of allylic oxidation sites excluding steroid dienone is 3. The van der Waals surface area contributed by atoms with Crippen LogP contribution >= 0.6 is 0 Å². The molecule has 10 heteroatoms. The predicted octanol–water partition coefficient (Wildman–Crippen LogP) is -0.300. The molecule has 0 aromatic carbocycles. The molecule has 0 bridgehead atoms. The summed E-state index contributed by atoms with van der Waals surface area (Å²) in [4.78, 5) is 0. The van der Waals surface area contributed by atoms with Gasteiger partial charge in [0.25, 0.3) is 0 Å². The lowest BCUT2D eigenvalue weighted by Gasteiger charge is -2.27. The first-order valence-electron chi connectivity index (χ1n) is 6.83. The summed E-state index contributed by atoms with van der Waals surface area (Å²) in [6.45, 7) is -0.102. The lowest BCUT2D eigenvalue weighted by Crippen LogP contribution is -2.29. The van der Waals surface area contributed by atoms with Gasteiger partial charge in [0.05, 0.1) is 47.1 Å². The normalized spacial score (nSPS) is 12.7. The second-order valence-corrected chi connectivity index (χ2v) is 4.54. The van der Waals surface area contributed by atoms with Gasteiger partial charge in [0, 0.05) is 0 Å². The highest BCUT2D eigenvalue weighted by Crippen LogP contribution is 2.26. The van der Waals surface area contributed by atoms with Gasteiger partial charge in [0.1, 0.15) is 15.1 Å². The Morgan fingerprint density at radius 1 is 0.850 bits per heavy atom. The van der Waals surface area contributed by atoms with E-state index in [-0.39, 0.29) is 13.4 Å². The fourth-order valence-corrected chi connectivity index (χ4v) is 2.26. The average Bonchev–Trinajstić information content (AvgIpc) is 2.49. The second-order valence-electron chi connectivity index (χ2n) is 4.54. The van der Waals surface area contributed by atoms with E-state index in [0.717, 1.165) is 16.4 Å². The summed E-state index contributed by atoms with van der Waals surface area (Å²) in [6, 6.07) is 0. The fourth-order valence-electron chi connectivity index (χ4n) is 2.26. The number of hydrogen-bond acceptors (Lipinski definition) is 0. The van der Waals surface area contributed by atoms with Crippen molar-refractivity contribution in [3.05, 3.63) is 22.4 Å². The molecule has 83 valence electrons. The van der Waals surface area contributed by atoms with E-state index in [9.17, 15) is 0 Å². The van der Waals surface area contributed by atoms with E-state index in [1.807, 2.05) is 7.28 Å². The molecule has 0 aliphatic rings. The van der Waals surface area contributed by atoms with Crippen molar-refractivity contribution < 1.29 is 0 Å². The predicted molar refractivity (Wildman–Crippen MR) is 101 cm³/mol. The van der Waals surface area contributed by atoms with Crippen molar-refractivity contribution in [3.63, 3.8) is 0 Å². The van der Waals surface area contributed by atoms with Crippen molar-refractivity contribution in [1.82, 2.24) is 0 Å². The molecule has 0 aromatic heterocycles. The summed E-state index contributed by atoms with van der Waals surface area (Å²) in [5.41, 5.74) is 2.70. The van der Waals surface area contributed by atoms with Crippen molar-refractivity contribution in [1.29, 1.82) is 0 Å². The molecule has 0 spiro atoms. The minimum atomic E-state index is -0.0525. The molecule has 0 atom stereocenters. The Hall–Kier alpha value is 0.129. The van der Waals surface area contributed by atoms with Gasteiger partial charge in [-0.3, -0.25) is 0 Å². The maximum absolute atomic E-state index is 5.83. The summed E-state index contributed by atoms with van der Waals surface area (Å²) >= 11 is 0. The quantitative estimate of drug-likeness (QED) is 0.364. The summed E-state index contributed by atoms with van der Waals surface area (Å²) in [5, 5.41) is 0. The molecule has 20 heavy (non-hydrogen) atoms. The van der Waals surface area contributed by atoms with Gasteiger partial charge in [-0.25, -0.2) is 0 Å². The molecule has 15 radical (unpaired) electrons. The van der Waals surface area contributed by atoms with Crippen LogP contribution in [0.1, 0.15) is 0 Å². The van der Waals surface area contributed by atoms with E-state index in [1.165, 1.54) is 5.98 Å². The van der Waals surface area contributed by atoms with Crippen LogP contribution in [0.3, 0.4) is 0 Å². The van der Waals surface area contributed by atoms with Crippen LogP contribution in [0.4, 0.5) is 0 Å². The van der Waals surface area contributed by atoms with E-state index in [2.05, 4.69) is 0 Å². The van der Waals surface area contributed by atoms with Gasteiger partial charge in [-0.05, 0) is 0 Å². The third-order valence-electron chi connectivity index (χ3n) is 3.41. The van der Waals surface area contributed by atoms with E-state index in [4.69, 9.17) is 54.9 Å². The summed E-state index contributed by atoms with van der Waals surface area (Å²) in [7, 11) is 42.2. The van der Waals surface area contributed by atoms with E-state index in [1.54, 1.807) is 0 Å². The Balaban J connectivity index is 5.83. The van der Waals surface area contributed by atoms with Gasteiger partial charge in [-0.1, -0.05) is 11.8 Å². The lowest BCUT2D eigenvalue weighted by atomic mass is 9.22. The minimum absolute atomic E-state index is 0.0493. The Morgan fingerprint density at radius 2 is 1.35 bits per heavy atom. The molecule has 0 aromatic rings. The van der Waals surface area contributed by atoms with Crippen LogP contribution in [-0.2, 0) is 0 Å². The van der Waals surface area contributed by atoms with Crippen LogP contribution in [0.5, 0.6) is 0 Å². The largest absolute Gasteiger partial charge is 0.157 e. The van der Waals surface area contributed by atoms with Crippen LogP contribution in [0.25, 0.3) is 0 Å². The molecule has 0 saturated heterocycles. The molecule has 0 aliphatic carbocycles. The molecule has 0 fully saturated rings. The van der Waals surface area contributed by atoms with Gasteiger partial charge < -0.3 is 0 Å². The summed E-state index contributed by atoms with van der Waals surface area (Å²) < 4.78 is 0. The molecule has 0 N–H and O–H groups in total. The van der Waals surface area contributed by atoms with E-state index < -0.39 is 0 Å². The highest BCUT2D eigenvalue weighted by Gasteiger charge is 2.24. The van der Waals surface area contributed by atoms with E-state index in [0.29, 0.717) is 37.4 Å². The maximum atomic E-state index is 5.83. The van der Waals surface area contributed by atoms with Gasteiger partial charge in [-0.2, -0.15) is 0 Å². The highest BCUT2D eigenvalue weighted by molar-refractivity contribution is 6.86. The zero-order valence-corrected chi connectivity index (χ0v) is 12.1. The van der Waals surface area contributed by atoms with Crippen molar-refractivity contribution in [3.8, 4) is 0 Å². The molecular formula is C10H13B10. The molecule has 0 saturated carbocycles. The van der Waals surface area contributed by atoms with Crippen molar-refractivity contribution >= 4 is 75.6 Å². The zero-order valence-electron chi connectivity index (χ0n) is 12.1. The first-order chi connectivity index (χ1) is 9.64. The Morgan fingerprint density at radius 3 is 1.65 bits per heavy atom. The molecule has 0 rings (SSSR count). The third kappa shape index (κ3) is 5.49. The molecule has 0 amide bonds. The second kappa shape index (κ2) is 11.8. The Labute approximate surface area is 135 Å². The fraction of sp³-hybridized carbons (Fsp3) is 0.600. The maximum Gasteiger partial charge on any atom is 0.157 e. The zero-order chi connectivity index (χ0) is 15.5.